The number of fused-ring (bicyclic) bond motifs is 16. The van der Waals surface area contributed by atoms with Crippen LogP contribution in [0, 0.1) is 13.8 Å². The molecule has 0 saturated heterocycles. The minimum Gasteiger partial charge on any atom is -0.481 e. The number of H-pyrrole nitrogens is 4. The van der Waals surface area contributed by atoms with Crippen molar-refractivity contribution in [3.8, 4) is 0 Å². The van der Waals surface area contributed by atoms with Crippen LogP contribution in [0.15, 0.2) is 79.4 Å². The van der Waals surface area contributed by atoms with Gasteiger partial charge in [0.1, 0.15) is 0 Å². The monoisotopic (exact) mass is 970 g/mol. The van der Waals surface area contributed by atoms with E-state index in [9.17, 15) is 29.7 Å². The molecular weight excluding hydrogens is 920 g/mol. The number of carboxylic acids is 3. The summed E-state index contributed by atoms with van der Waals surface area (Å²) in [6, 6.07) is 19.8. The molecule has 0 aromatic carbocycles. The summed E-state index contributed by atoms with van der Waals surface area (Å²) in [5, 5.41) is 29.9. The Morgan fingerprint density at radius 1 is 0.696 bits per heavy atom. The molecule has 353 valence electrons. The maximum Gasteiger partial charge on any atom is 0.338 e. The van der Waals surface area contributed by atoms with E-state index in [0.717, 1.165) is 90.3 Å². The zero-order valence-electron chi connectivity index (χ0n) is 39.5. The summed E-state index contributed by atoms with van der Waals surface area (Å²) in [7, 11) is 0. The number of aromatic amines is 4. The van der Waals surface area contributed by atoms with Gasteiger partial charge in [-0.1, -0.05) is 26.5 Å². The molecule has 15 heteroatoms. The molecular formula is C54H50CuN8O6. The Morgan fingerprint density at radius 2 is 1.29 bits per heavy atom. The Bertz CT molecular complexity index is 3630. The molecule has 2 atom stereocenters. The molecule has 4 aliphatic rings. The summed E-state index contributed by atoms with van der Waals surface area (Å²) in [5.74, 6) is -4.08. The molecule has 10 rings (SSSR count). The first kappa shape index (κ1) is 46.2. The third-order valence-electron chi connectivity index (χ3n) is 12.9. The van der Waals surface area contributed by atoms with Crippen LogP contribution in [0.25, 0.3) is 79.6 Å². The molecule has 0 saturated carbocycles. The Kier molecular flexibility index (Phi) is 13.0. The number of carbonyl (C=O) groups is 3. The number of allylic oxidation sites excluding steroid dienone is 3. The first-order valence-corrected chi connectivity index (χ1v) is 22.4. The van der Waals surface area contributed by atoms with E-state index >= 15 is 0 Å². The third-order valence-corrected chi connectivity index (χ3v) is 12.9. The average molecular weight is 972 g/mol. The largest absolute Gasteiger partial charge is 0.481 e. The molecule has 0 amide bonds. The fraction of sp³-hybridized carbons (Fsp3) is 0.204. The van der Waals surface area contributed by atoms with Crippen LogP contribution in [0.3, 0.4) is 0 Å². The van der Waals surface area contributed by atoms with E-state index in [1.807, 2.05) is 107 Å². The van der Waals surface area contributed by atoms with Crippen molar-refractivity contribution in [1.29, 1.82) is 0 Å². The molecule has 6 aromatic heterocycles. The molecule has 1 radical (unpaired) electrons. The molecule has 0 unspecified atom stereocenters. The van der Waals surface area contributed by atoms with Crippen LogP contribution in [-0.2, 0) is 39.5 Å². The van der Waals surface area contributed by atoms with Crippen molar-refractivity contribution < 1.29 is 48.1 Å². The van der Waals surface area contributed by atoms with Crippen molar-refractivity contribution in [2.75, 3.05) is 0 Å². The predicted octanol–water partition coefficient (Wildman–Crippen LogP) is 11.3. The first-order chi connectivity index (χ1) is 33.1. The second-order valence-electron chi connectivity index (χ2n) is 17.3. The zero-order valence-corrected chi connectivity index (χ0v) is 39.4. The summed E-state index contributed by atoms with van der Waals surface area (Å²) in [6.07, 6.45) is 9.91. The fourth-order valence-electron chi connectivity index (χ4n) is 9.40. The number of aromatic nitrogens is 8. The van der Waals surface area contributed by atoms with E-state index < -0.39 is 30.2 Å². The van der Waals surface area contributed by atoms with E-state index in [0.29, 0.717) is 34.2 Å². The molecule has 14 nitrogen and oxygen atoms in total. The Balaban J connectivity index is 0.000000213. The fourth-order valence-corrected chi connectivity index (χ4v) is 9.40. The van der Waals surface area contributed by atoms with E-state index in [-0.39, 0.29) is 52.5 Å². The normalized spacial score (nSPS) is 15.0. The van der Waals surface area contributed by atoms with Crippen LogP contribution in [-0.4, -0.2) is 73.1 Å². The van der Waals surface area contributed by atoms with Crippen LogP contribution in [0.1, 0.15) is 125 Å². The van der Waals surface area contributed by atoms with Crippen LogP contribution >= 0.6 is 0 Å². The SMILES string of the molecule is C=CC1=C(C)c2cc3nc(c(CC(=O)O)c4[nH]c(cc5[nH]c(cc1n2)c(C)c5CC)c(C)c4C(=O)O)[C@@H](CCC(=O)O)[C@@H]3C.[2H]c1cc2cc3nc(cc4ccc(cc5nc(cc1[nH]2)C=C5)[nH]4)C=C3.[Cu]. The van der Waals surface area contributed by atoms with Gasteiger partial charge in [-0.3, -0.25) is 14.6 Å². The summed E-state index contributed by atoms with van der Waals surface area (Å²) >= 11 is 0. The number of aliphatic carboxylic acids is 2. The molecule has 0 fully saturated rings. The van der Waals surface area contributed by atoms with Crippen LogP contribution in [0.5, 0.6) is 0 Å². The summed E-state index contributed by atoms with van der Waals surface area (Å²) in [5.41, 5.74) is 16.3. The van der Waals surface area contributed by atoms with Gasteiger partial charge < -0.3 is 35.3 Å². The van der Waals surface area contributed by atoms with Crippen molar-refractivity contribution in [1.82, 2.24) is 39.9 Å². The summed E-state index contributed by atoms with van der Waals surface area (Å²) < 4.78 is 8.14. The van der Waals surface area contributed by atoms with Gasteiger partial charge in [-0.25, -0.2) is 19.7 Å². The second-order valence-corrected chi connectivity index (χ2v) is 17.3. The van der Waals surface area contributed by atoms with Gasteiger partial charge >= 0.3 is 17.9 Å². The molecule has 7 N–H and O–H groups in total. The number of aryl methyl sites for hydroxylation is 3. The van der Waals surface area contributed by atoms with Crippen molar-refractivity contribution >= 4 is 97.5 Å². The van der Waals surface area contributed by atoms with Gasteiger partial charge in [0.15, 0.2) is 0 Å². The number of carboxylic acid groups (broad SMARTS) is 3. The maximum absolute atomic E-state index is 12.7. The molecule has 6 aromatic rings. The number of aromatic carboxylic acids is 1. The van der Waals surface area contributed by atoms with Gasteiger partial charge in [0.05, 0.1) is 58.7 Å². The van der Waals surface area contributed by atoms with Crippen molar-refractivity contribution in [3.63, 3.8) is 0 Å². The zero-order chi connectivity index (χ0) is 48.8. The van der Waals surface area contributed by atoms with Gasteiger partial charge in [0.2, 0.25) is 0 Å². The summed E-state index contributed by atoms with van der Waals surface area (Å²) in [4.78, 5) is 69.0. The molecule has 4 aliphatic heterocycles. The second kappa shape index (κ2) is 19.4. The maximum atomic E-state index is 12.7. The summed E-state index contributed by atoms with van der Waals surface area (Å²) in [6.45, 7) is 13.7. The molecule has 0 aliphatic carbocycles. The topological polar surface area (TPSA) is 227 Å². The van der Waals surface area contributed by atoms with E-state index in [2.05, 4.69) is 36.5 Å². The van der Waals surface area contributed by atoms with E-state index in [4.69, 9.17) is 11.3 Å². The van der Waals surface area contributed by atoms with Gasteiger partial charge in [0.25, 0.3) is 0 Å². The third kappa shape index (κ3) is 9.65. The van der Waals surface area contributed by atoms with Crippen LogP contribution in [0.2, 0.25) is 0 Å². The minimum atomic E-state index is -1.20. The first-order valence-electron chi connectivity index (χ1n) is 22.9. The van der Waals surface area contributed by atoms with Gasteiger partial charge in [-0.2, -0.15) is 0 Å². The van der Waals surface area contributed by atoms with Crippen molar-refractivity contribution in [2.45, 2.75) is 72.1 Å². The molecule has 10 heterocycles. The average Bonchev–Trinajstić information content (AvgIpc) is 4.19. The standard InChI is InChI=1S/C34H36N4O6.C20H14N4.Cu/c1-7-19-15(3)23-12-25-17(5)21(9-10-29(39)40)32(37-25)22(11-30(41)42)33-31(34(43)44)18(6)26(38-33)14-28-20(8-2)16(4)24(36-28)13-27(19)35-23;1-2-14-10-16-5-6-18(23-16)12-20-8-7-19(24-20)11-17-4-3-15(22-17)9-13(1)21-14;/h7,12-14,17,21,36,38H,1,8-11H2,2-6H3,(H,39,40)(H,41,42)(H,43,44);1-12,21,24H;/t17-,21-;;/m0../s1/i;1D;. The Morgan fingerprint density at radius 3 is 1.87 bits per heavy atom. The smallest absolute Gasteiger partial charge is 0.338 e. The minimum absolute atomic E-state index is 0. The van der Waals surface area contributed by atoms with E-state index in [1.165, 1.54) is 0 Å². The number of nitrogens with one attached hydrogen (secondary N) is 4. The molecule has 16 bridgehead atoms. The molecule has 69 heavy (non-hydrogen) atoms. The number of hydrogen-bond donors (Lipinski definition) is 7. The predicted molar refractivity (Wildman–Crippen MR) is 268 cm³/mol. The van der Waals surface area contributed by atoms with Crippen molar-refractivity contribution in [2.24, 2.45) is 0 Å². The van der Waals surface area contributed by atoms with Gasteiger partial charge in [0, 0.05) is 90.8 Å². The van der Waals surface area contributed by atoms with Crippen molar-refractivity contribution in [3.05, 3.63) is 153 Å². The van der Waals surface area contributed by atoms with E-state index in [1.54, 1.807) is 19.1 Å². The van der Waals surface area contributed by atoms with Crippen LogP contribution in [0.4, 0.5) is 0 Å². The van der Waals surface area contributed by atoms with Gasteiger partial charge in [-0.15, -0.1) is 0 Å². The Hall–Kier alpha value is -7.87. The molecule has 0 spiro atoms. The quantitative estimate of drug-likeness (QED) is 0.0713. The number of hydrogen-bond acceptors (Lipinski definition) is 7. The number of rotatable bonds is 8. The van der Waals surface area contributed by atoms with Crippen LogP contribution < -0.4 is 0 Å². The van der Waals surface area contributed by atoms with Gasteiger partial charge in [-0.05, 0) is 147 Å². The Labute approximate surface area is 408 Å². The number of nitrogens with zero attached hydrogens (tertiary/aromatic N) is 4.